The third kappa shape index (κ3) is 2.45. The van der Waals surface area contributed by atoms with E-state index in [2.05, 4.69) is 4.72 Å². The second-order valence-corrected chi connectivity index (χ2v) is 4.45. The average Bonchev–Trinajstić information content (AvgIpc) is 2.32. The Balaban J connectivity index is 2.48. The first-order valence-electron chi connectivity index (χ1n) is 3.62. The standard InChI is InChI=1S/C6H11ClN2O2S/c7-3-1-2-5-9-6-4-8-12(9,10)11/h1-2,8H,3-6H2/b2-1+. The van der Waals surface area contributed by atoms with E-state index in [0.717, 1.165) is 0 Å². The highest BCUT2D eigenvalue weighted by molar-refractivity contribution is 7.87. The van der Waals surface area contributed by atoms with Gasteiger partial charge in [-0.25, -0.2) is 4.72 Å². The van der Waals surface area contributed by atoms with E-state index in [1.807, 2.05) is 0 Å². The number of nitrogens with zero attached hydrogens (tertiary/aromatic N) is 1. The molecule has 0 amide bonds. The summed E-state index contributed by atoms with van der Waals surface area (Å²) in [5.74, 6) is 0.418. The Bertz CT molecular complexity index is 263. The van der Waals surface area contributed by atoms with Crippen molar-refractivity contribution >= 4 is 21.8 Å². The molecule has 0 aromatic carbocycles. The van der Waals surface area contributed by atoms with E-state index in [1.165, 1.54) is 4.31 Å². The quantitative estimate of drug-likeness (QED) is 0.524. The molecule has 0 atom stereocenters. The SMILES string of the molecule is O=S1(=O)NCCN1C/C=C/CCl. The predicted molar refractivity (Wildman–Crippen MR) is 48.4 cm³/mol. The molecule has 0 aromatic rings. The number of nitrogens with one attached hydrogen (secondary N) is 1. The van der Waals surface area contributed by atoms with E-state index in [9.17, 15) is 8.42 Å². The molecular weight excluding hydrogens is 200 g/mol. The van der Waals surface area contributed by atoms with Gasteiger partial charge in [0.05, 0.1) is 0 Å². The van der Waals surface area contributed by atoms with Crippen molar-refractivity contribution in [2.24, 2.45) is 0 Å². The lowest BCUT2D eigenvalue weighted by Gasteiger charge is -2.09. The van der Waals surface area contributed by atoms with Gasteiger partial charge in [0.1, 0.15) is 0 Å². The Morgan fingerprint density at radius 3 is 2.75 bits per heavy atom. The lowest BCUT2D eigenvalue weighted by molar-refractivity contribution is 0.484. The predicted octanol–water partition coefficient (Wildman–Crippen LogP) is -0.0686. The van der Waals surface area contributed by atoms with Gasteiger partial charge in [-0.3, -0.25) is 0 Å². The van der Waals surface area contributed by atoms with E-state index in [1.54, 1.807) is 12.2 Å². The maximum absolute atomic E-state index is 11.1. The van der Waals surface area contributed by atoms with Crippen molar-refractivity contribution in [1.82, 2.24) is 9.03 Å². The highest BCUT2D eigenvalue weighted by Crippen LogP contribution is 2.03. The van der Waals surface area contributed by atoms with Crippen molar-refractivity contribution in [3.05, 3.63) is 12.2 Å². The fourth-order valence-electron chi connectivity index (χ4n) is 0.955. The van der Waals surface area contributed by atoms with Gasteiger partial charge in [-0.15, -0.1) is 11.6 Å². The summed E-state index contributed by atoms with van der Waals surface area (Å²) in [6.45, 7) is 1.44. The number of hydrogen-bond donors (Lipinski definition) is 1. The molecule has 70 valence electrons. The minimum Gasteiger partial charge on any atom is -0.201 e. The van der Waals surface area contributed by atoms with Gasteiger partial charge in [-0.2, -0.15) is 12.7 Å². The van der Waals surface area contributed by atoms with Crippen LogP contribution in [0.25, 0.3) is 0 Å². The normalized spacial score (nSPS) is 23.8. The first-order valence-corrected chi connectivity index (χ1v) is 5.60. The second-order valence-electron chi connectivity index (χ2n) is 2.38. The molecule has 12 heavy (non-hydrogen) atoms. The zero-order chi connectivity index (χ0) is 9.03. The van der Waals surface area contributed by atoms with Gasteiger partial charge >= 0.3 is 0 Å². The molecule has 0 unspecified atom stereocenters. The molecule has 0 aliphatic carbocycles. The van der Waals surface area contributed by atoms with Crippen LogP contribution in [0.1, 0.15) is 0 Å². The van der Waals surface area contributed by atoms with E-state index >= 15 is 0 Å². The van der Waals surface area contributed by atoms with Crippen LogP contribution in [0.4, 0.5) is 0 Å². The van der Waals surface area contributed by atoms with Crippen LogP contribution in [0.5, 0.6) is 0 Å². The monoisotopic (exact) mass is 210 g/mol. The van der Waals surface area contributed by atoms with Crippen LogP contribution in [0.2, 0.25) is 0 Å². The van der Waals surface area contributed by atoms with E-state index in [0.29, 0.717) is 25.5 Å². The first kappa shape index (κ1) is 9.98. The smallest absolute Gasteiger partial charge is 0.201 e. The van der Waals surface area contributed by atoms with Crippen LogP contribution in [0.15, 0.2) is 12.2 Å². The van der Waals surface area contributed by atoms with Crippen LogP contribution in [0, 0.1) is 0 Å². The van der Waals surface area contributed by atoms with Crippen LogP contribution < -0.4 is 4.72 Å². The summed E-state index contributed by atoms with van der Waals surface area (Å²) >= 11 is 5.39. The van der Waals surface area contributed by atoms with Gasteiger partial charge in [0, 0.05) is 25.5 Å². The number of alkyl halides is 1. The van der Waals surface area contributed by atoms with E-state index in [-0.39, 0.29) is 0 Å². The fourth-order valence-corrected chi connectivity index (χ4v) is 2.23. The molecule has 0 radical (unpaired) electrons. The summed E-state index contributed by atoms with van der Waals surface area (Å²) in [5.41, 5.74) is 0. The van der Waals surface area contributed by atoms with Crippen molar-refractivity contribution in [1.29, 1.82) is 0 Å². The number of allylic oxidation sites excluding steroid dienone is 1. The van der Waals surface area contributed by atoms with Crippen LogP contribution in [0.3, 0.4) is 0 Å². The maximum Gasteiger partial charge on any atom is 0.279 e. The summed E-state index contributed by atoms with van der Waals surface area (Å²) in [5, 5.41) is 0. The minimum atomic E-state index is -3.18. The van der Waals surface area contributed by atoms with Crippen LogP contribution in [-0.2, 0) is 10.2 Å². The molecule has 0 spiro atoms. The topological polar surface area (TPSA) is 49.4 Å². The summed E-state index contributed by atoms with van der Waals surface area (Å²) in [7, 11) is -3.18. The molecule has 4 nitrogen and oxygen atoms in total. The maximum atomic E-state index is 11.1. The average molecular weight is 211 g/mol. The largest absolute Gasteiger partial charge is 0.279 e. The summed E-state index contributed by atoms with van der Waals surface area (Å²) < 4.78 is 26.0. The van der Waals surface area contributed by atoms with Crippen molar-refractivity contribution < 1.29 is 8.42 Å². The molecule has 1 aliphatic heterocycles. The number of rotatable bonds is 3. The lowest BCUT2D eigenvalue weighted by Crippen LogP contribution is -2.29. The summed E-state index contributed by atoms with van der Waals surface area (Å²) in [6, 6.07) is 0. The van der Waals surface area contributed by atoms with Gasteiger partial charge in [-0.05, 0) is 0 Å². The second kappa shape index (κ2) is 4.23. The highest BCUT2D eigenvalue weighted by Gasteiger charge is 2.25. The first-order chi connectivity index (χ1) is 5.67. The van der Waals surface area contributed by atoms with Crippen molar-refractivity contribution in [2.45, 2.75) is 0 Å². The minimum absolute atomic E-state index is 0.405. The lowest BCUT2D eigenvalue weighted by atomic mass is 10.5. The van der Waals surface area contributed by atoms with Crippen molar-refractivity contribution in [3.63, 3.8) is 0 Å². The van der Waals surface area contributed by atoms with Gasteiger partial charge in [0.15, 0.2) is 0 Å². The van der Waals surface area contributed by atoms with Gasteiger partial charge in [0.2, 0.25) is 0 Å². The summed E-state index contributed by atoms with van der Waals surface area (Å²) in [6.07, 6.45) is 3.48. The molecule has 0 bridgehead atoms. The highest BCUT2D eigenvalue weighted by atomic mass is 35.5. The Kier molecular flexibility index (Phi) is 3.52. The molecule has 1 saturated heterocycles. The van der Waals surface area contributed by atoms with E-state index in [4.69, 9.17) is 11.6 Å². The molecular formula is C6H11ClN2O2S. The van der Waals surface area contributed by atoms with Gasteiger partial charge in [0.25, 0.3) is 10.2 Å². The zero-order valence-electron chi connectivity index (χ0n) is 6.53. The molecule has 0 aromatic heterocycles. The molecule has 1 N–H and O–H groups in total. The molecule has 1 fully saturated rings. The Morgan fingerprint density at radius 1 is 1.50 bits per heavy atom. The Labute approximate surface area is 77.4 Å². The Morgan fingerprint density at radius 2 is 2.25 bits per heavy atom. The molecule has 1 heterocycles. The fraction of sp³-hybridized carbons (Fsp3) is 0.667. The van der Waals surface area contributed by atoms with Gasteiger partial charge in [-0.1, -0.05) is 12.2 Å². The van der Waals surface area contributed by atoms with Gasteiger partial charge < -0.3 is 0 Å². The molecule has 1 rings (SSSR count). The molecule has 1 aliphatic rings. The molecule has 0 saturated carbocycles. The third-order valence-electron chi connectivity index (χ3n) is 1.55. The van der Waals surface area contributed by atoms with Crippen molar-refractivity contribution in [2.75, 3.05) is 25.5 Å². The summed E-state index contributed by atoms with van der Waals surface area (Å²) in [4.78, 5) is 0. The van der Waals surface area contributed by atoms with Crippen molar-refractivity contribution in [3.8, 4) is 0 Å². The number of halogens is 1. The van der Waals surface area contributed by atoms with E-state index < -0.39 is 10.2 Å². The van der Waals surface area contributed by atoms with Crippen LogP contribution in [-0.4, -0.2) is 38.2 Å². The Hall–Kier alpha value is -0.100. The zero-order valence-corrected chi connectivity index (χ0v) is 8.11. The number of hydrogen-bond acceptors (Lipinski definition) is 2. The third-order valence-corrected chi connectivity index (χ3v) is 3.31. The molecule has 6 heteroatoms. The van der Waals surface area contributed by atoms with Crippen LogP contribution >= 0.6 is 11.6 Å².